The summed E-state index contributed by atoms with van der Waals surface area (Å²) in [4.78, 5) is 10.9. The second kappa shape index (κ2) is 2.98. The third-order valence-corrected chi connectivity index (χ3v) is 4.23. The second-order valence-corrected chi connectivity index (χ2v) is 5.25. The molecule has 1 aliphatic carbocycles. The van der Waals surface area contributed by atoms with Crippen molar-refractivity contribution in [3.05, 3.63) is 35.9 Å². The maximum atomic E-state index is 10.9. The van der Waals surface area contributed by atoms with Gasteiger partial charge >= 0.3 is 0 Å². The van der Waals surface area contributed by atoms with E-state index in [0.29, 0.717) is 0 Å². The Morgan fingerprint density at radius 2 is 1.86 bits per heavy atom. The first-order chi connectivity index (χ1) is 6.54. The monoisotopic (exact) mass is 228 g/mol. The first-order valence-corrected chi connectivity index (χ1v) is 5.18. The maximum Gasteiger partial charge on any atom is 0.138 e. The molecule has 0 amide bonds. The van der Waals surface area contributed by atoms with Crippen molar-refractivity contribution in [2.75, 3.05) is 0 Å². The average molecular weight is 229 g/mol. The molecular weight excluding hydrogens is 219 g/mol. The Morgan fingerprint density at radius 3 is 2.29 bits per heavy atom. The van der Waals surface area contributed by atoms with Crippen molar-refractivity contribution in [2.45, 2.75) is 17.2 Å². The third kappa shape index (κ3) is 1.12. The fraction of sp³-hybridized carbons (Fsp3) is 0.364. The molecule has 14 heavy (non-hydrogen) atoms. The fourth-order valence-electron chi connectivity index (χ4n) is 1.90. The highest BCUT2D eigenvalue weighted by Crippen LogP contribution is 2.72. The summed E-state index contributed by atoms with van der Waals surface area (Å²) in [6.45, 7) is 1.79. The summed E-state index contributed by atoms with van der Waals surface area (Å²) in [5, 5.41) is 0. The number of rotatable bonds is 2. The lowest BCUT2D eigenvalue weighted by Crippen LogP contribution is -2.04. The van der Waals surface area contributed by atoms with Crippen LogP contribution in [-0.4, -0.2) is 10.6 Å². The first-order valence-electron chi connectivity index (χ1n) is 4.43. The van der Waals surface area contributed by atoms with E-state index in [1.807, 2.05) is 30.3 Å². The molecule has 1 aromatic rings. The molecule has 2 atom stereocenters. The molecule has 0 spiro atoms. The van der Waals surface area contributed by atoms with E-state index in [1.54, 1.807) is 6.92 Å². The van der Waals surface area contributed by atoms with Crippen LogP contribution in [0.1, 0.15) is 18.4 Å². The predicted octanol–water partition coefficient (Wildman–Crippen LogP) is 3.16. The molecule has 1 aliphatic rings. The van der Waals surface area contributed by atoms with Crippen LogP contribution in [-0.2, 0) is 4.79 Å². The van der Waals surface area contributed by atoms with Crippen LogP contribution in [0.4, 0.5) is 0 Å². The van der Waals surface area contributed by atoms with E-state index >= 15 is 0 Å². The lowest BCUT2D eigenvalue weighted by molar-refractivity contribution is -0.111. The van der Waals surface area contributed by atoms with Crippen molar-refractivity contribution in [3.63, 3.8) is 0 Å². The molecule has 2 unspecified atom stereocenters. The van der Waals surface area contributed by atoms with E-state index in [0.717, 1.165) is 11.8 Å². The standard InChI is InChI=1S/C11H10Cl2O/c1-10(7-14)9(11(10,12)13)8-5-3-2-4-6-8/h2-7,9H,1H3. The number of halogens is 2. The average Bonchev–Trinajstić information content (AvgIpc) is 2.63. The van der Waals surface area contributed by atoms with Gasteiger partial charge in [-0.05, 0) is 12.5 Å². The maximum absolute atomic E-state index is 10.9. The second-order valence-electron chi connectivity index (χ2n) is 3.87. The van der Waals surface area contributed by atoms with Crippen molar-refractivity contribution in [1.82, 2.24) is 0 Å². The Balaban J connectivity index is 2.37. The fourth-order valence-corrected chi connectivity index (χ4v) is 2.80. The molecule has 0 saturated heterocycles. The van der Waals surface area contributed by atoms with Crippen molar-refractivity contribution in [1.29, 1.82) is 0 Å². The van der Waals surface area contributed by atoms with Gasteiger partial charge in [0.25, 0.3) is 0 Å². The Morgan fingerprint density at radius 1 is 1.29 bits per heavy atom. The number of carbonyl (C=O) groups is 1. The summed E-state index contributed by atoms with van der Waals surface area (Å²) in [6.07, 6.45) is 0.852. The molecule has 74 valence electrons. The third-order valence-electron chi connectivity index (χ3n) is 2.97. The molecule has 0 aromatic heterocycles. The Hall–Kier alpha value is -0.530. The van der Waals surface area contributed by atoms with Crippen LogP contribution in [0.2, 0.25) is 0 Å². The molecule has 1 aromatic carbocycles. The summed E-state index contributed by atoms with van der Waals surface area (Å²) in [6, 6.07) is 9.65. The number of aldehydes is 1. The molecule has 0 radical (unpaired) electrons. The summed E-state index contributed by atoms with van der Waals surface area (Å²) in [5.41, 5.74) is 0.379. The summed E-state index contributed by atoms with van der Waals surface area (Å²) in [5.74, 6) is -0.0861. The van der Waals surface area contributed by atoms with Crippen LogP contribution in [0.25, 0.3) is 0 Å². The van der Waals surface area contributed by atoms with Gasteiger partial charge in [0, 0.05) is 5.92 Å². The molecule has 1 nitrogen and oxygen atoms in total. The van der Waals surface area contributed by atoms with Gasteiger partial charge in [0.15, 0.2) is 0 Å². The van der Waals surface area contributed by atoms with Gasteiger partial charge in [0.2, 0.25) is 0 Å². The Kier molecular flexibility index (Phi) is 2.13. The smallest absolute Gasteiger partial charge is 0.138 e. The van der Waals surface area contributed by atoms with E-state index in [-0.39, 0.29) is 5.92 Å². The van der Waals surface area contributed by atoms with Crippen molar-refractivity contribution in [2.24, 2.45) is 5.41 Å². The highest BCUT2D eigenvalue weighted by atomic mass is 35.5. The van der Waals surface area contributed by atoms with Crippen LogP contribution >= 0.6 is 23.2 Å². The van der Waals surface area contributed by atoms with E-state index < -0.39 is 9.75 Å². The SMILES string of the molecule is CC1(C=O)C(c2ccccc2)C1(Cl)Cl. The Labute approximate surface area is 93.0 Å². The number of hydrogen-bond donors (Lipinski definition) is 0. The number of hydrogen-bond acceptors (Lipinski definition) is 1. The zero-order valence-electron chi connectivity index (χ0n) is 7.71. The normalized spacial score (nSPS) is 33.8. The molecule has 2 rings (SSSR count). The summed E-state index contributed by atoms with van der Waals surface area (Å²) in [7, 11) is 0. The molecule has 0 bridgehead atoms. The minimum Gasteiger partial charge on any atom is -0.303 e. The van der Waals surface area contributed by atoms with Gasteiger partial charge in [-0.3, -0.25) is 0 Å². The van der Waals surface area contributed by atoms with Gasteiger partial charge in [-0.1, -0.05) is 53.5 Å². The number of alkyl halides is 2. The quantitative estimate of drug-likeness (QED) is 0.562. The largest absolute Gasteiger partial charge is 0.303 e. The minimum absolute atomic E-state index is 0.0861. The highest BCUT2D eigenvalue weighted by molar-refractivity contribution is 6.53. The van der Waals surface area contributed by atoms with E-state index in [4.69, 9.17) is 23.2 Å². The first kappa shape index (κ1) is 10.0. The van der Waals surface area contributed by atoms with E-state index in [9.17, 15) is 4.79 Å². The van der Waals surface area contributed by atoms with E-state index in [1.165, 1.54) is 0 Å². The minimum atomic E-state index is -0.948. The molecular formula is C11H10Cl2O. The van der Waals surface area contributed by atoms with Crippen LogP contribution in [0.5, 0.6) is 0 Å². The van der Waals surface area contributed by atoms with Crippen LogP contribution in [0, 0.1) is 5.41 Å². The number of carbonyl (C=O) groups excluding carboxylic acids is 1. The zero-order chi connectivity index (χ0) is 10.4. The van der Waals surface area contributed by atoms with Gasteiger partial charge in [-0.15, -0.1) is 0 Å². The zero-order valence-corrected chi connectivity index (χ0v) is 9.22. The summed E-state index contributed by atoms with van der Waals surface area (Å²) < 4.78 is -0.948. The van der Waals surface area contributed by atoms with Crippen LogP contribution in [0.15, 0.2) is 30.3 Å². The number of benzene rings is 1. The van der Waals surface area contributed by atoms with Crippen molar-refractivity contribution in [3.8, 4) is 0 Å². The highest BCUT2D eigenvalue weighted by Gasteiger charge is 2.73. The van der Waals surface area contributed by atoms with E-state index in [2.05, 4.69) is 0 Å². The molecule has 3 heteroatoms. The lowest BCUT2D eigenvalue weighted by Gasteiger charge is -1.99. The van der Waals surface area contributed by atoms with Gasteiger partial charge in [-0.2, -0.15) is 0 Å². The van der Waals surface area contributed by atoms with Gasteiger partial charge in [0.05, 0.1) is 5.41 Å². The van der Waals surface area contributed by atoms with Crippen LogP contribution < -0.4 is 0 Å². The molecule has 1 fully saturated rings. The predicted molar refractivity (Wildman–Crippen MR) is 57.8 cm³/mol. The molecule has 0 aliphatic heterocycles. The van der Waals surface area contributed by atoms with Crippen LogP contribution in [0.3, 0.4) is 0 Å². The van der Waals surface area contributed by atoms with Gasteiger partial charge < -0.3 is 4.79 Å². The summed E-state index contributed by atoms with van der Waals surface area (Å²) >= 11 is 12.2. The molecule has 0 heterocycles. The molecule has 0 N–H and O–H groups in total. The van der Waals surface area contributed by atoms with Crippen molar-refractivity contribution >= 4 is 29.5 Å². The lowest BCUT2D eigenvalue weighted by atomic mass is 10.0. The van der Waals surface area contributed by atoms with Gasteiger partial charge in [0.1, 0.15) is 10.6 Å². The van der Waals surface area contributed by atoms with Crippen molar-refractivity contribution < 1.29 is 4.79 Å². The molecule has 1 saturated carbocycles. The Bertz CT molecular complexity index is 361. The van der Waals surface area contributed by atoms with Gasteiger partial charge in [-0.25, -0.2) is 0 Å². The topological polar surface area (TPSA) is 17.1 Å².